The molecule has 3 aromatic rings. The fourth-order valence-electron chi connectivity index (χ4n) is 3.56. The maximum absolute atomic E-state index is 14.4. The van der Waals surface area contributed by atoms with Crippen LogP contribution in [0.3, 0.4) is 0 Å². The smallest absolute Gasteiger partial charge is 0.257 e. The Morgan fingerprint density at radius 2 is 2.32 bits per heavy atom. The molecule has 0 spiro atoms. The number of hydrogen-bond donors (Lipinski definition) is 1. The first-order chi connectivity index (χ1) is 13.6. The van der Waals surface area contributed by atoms with E-state index in [0.29, 0.717) is 29.4 Å². The van der Waals surface area contributed by atoms with Gasteiger partial charge in [-0.1, -0.05) is 11.3 Å². The van der Waals surface area contributed by atoms with Crippen LogP contribution in [0.4, 0.5) is 15.1 Å². The van der Waals surface area contributed by atoms with Crippen molar-refractivity contribution in [3.8, 4) is 0 Å². The molecule has 0 unspecified atom stereocenters. The van der Waals surface area contributed by atoms with Gasteiger partial charge in [0.15, 0.2) is 0 Å². The van der Waals surface area contributed by atoms with Crippen LogP contribution >= 0.6 is 33.9 Å². The summed E-state index contributed by atoms with van der Waals surface area (Å²) in [6.45, 7) is 1.21. The van der Waals surface area contributed by atoms with Gasteiger partial charge in [0.1, 0.15) is 15.6 Å². The number of rotatable bonds is 5. The van der Waals surface area contributed by atoms with Gasteiger partial charge in [0, 0.05) is 28.8 Å². The van der Waals surface area contributed by atoms with Gasteiger partial charge in [0.05, 0.1) is 23.9 Å². The van der Waals surface area contributed by atoms with Crippen LogP contribution in [0, 0.1) is 9.39 Å². The van der Waals surface area contributed by atoms with Crippen molar-refractivity contribution in [2.75, 3.05) is 25.6 Å². The molecule has 28 heavy (non-hydrogen) atoms. The third-order valence-electron chi connectivity index (χ3n) is 4.86. The molecule has 0 bridgehead atoms. The molecule has 1 saturated heterocycles. The number of hydrogen-bond acceptors (Lipinski definition) is 5. The Labute approximate surface area is 180 Å². The number of methoxy groups -OCH3 is 1. The highest BCUT2D eigenvalue weighted by atomic mass is 127. The zero-order valence-electron chi connectivity index (χ0n) is 15.2. The molecular weight excluding hydrogens is 492 g/mol. The molecule has 1 atom stereocenters. The van der Waals surface area contributed by atoms with Gasteiger partial charge in [-0.05, 0) is 65.8 Å². The van der Waals surface area contributed by atoms with E-state index in [-0.39, 0.29) is 17.8 Å². The lowest BCUT2D eigenvalue weighted by atomic mass is 10.1. The second-order valence-electron chi connectivity index (χ2n) is 6.66. The lowest BCUT2D eigenvalue weighted by molar-refractivity contribution is 0.0634. The average Bonchev–Trinajstić information content (AvgIpc) is 3.28. The van der Waals surface area contributed by atoms with Crippen molar-refractivity contribution in [1.29, 1.82) is 0 Å². The number of nitrogens with zero attached hydrogens (tertiary/aromatic N) is 2. The molecule has 1 amide bonds. The fourth-order valence-corrected chi connectivity index (χ4v) is 5.06. The van der Waals surface area contributed by atoms with Crippen LogP contribution in [0.2, 0.25) is 0 Å². The highest BCUT2D eigenvalue weighted by Gasteiger charge is 2.32. The van der Waals surface area contributed by atoms with E-state index < -0.39 is 0 Å². The van der Waals surface area contributed by atoms with Crippen LogP contribution < -0.4 is 5.32 Å². The summed E-state index contributed by atoms with van der Waals surface area (Å²) in [7, 11) is 1.65. The summed E-state index contributed by atoms with van der Waals surface area (Å²) in [6.07, 6.45) is 3.58. The second-order valence-corrected chi connectivity index (χ2v) is 8.91. The molecule has 1 aliphatic heterocycles. The Bertz CT molecular complexity index is 1030. The van der Waals surface area contributed by atoms with Crippen LogP contribution in [-0.2, 0) is 4.74 Å². The Kier molecular flexibility index (Phi) is 5.79. The lowest BCUT2D eigenvalue weighted by Crippen LogP contribution is -2.38. The maximum Gasteiger partial charge on any atom is 0.257 e. The van der Waals surface area contributed by atoms with Gasteiger partial charge in [-0.2, -0.15) is 0 Å². The van der Waals surface area contributed by atoms with Crippen LogP contribution in [0.25, 0.3) is 10.2 Å². The Hall–Kier alpha value is -1.78. The van der Waals surface area contributed by atoms with E-state index in [1.54, 1.807) is 19.4 Å². The highest BCUT2D eigenvalue weighted by molar-refractivity contribution is 14.1. The number of anilines is 2. The third kappa shape index (κ3) is 3.72. The number of carbonyl (C=O) groups excluding carboxylic acids is 1. The molecule has 3 heterocycles. The van der Waals surface area contributed by atoms with Gasteiger partial charge in [-0.15, -0.1) is 0 Å². The van der Waals surface area contributed by atoms with Gasteiger partial charge < -0.3 is 15.0 Å². The second kappa shape index (κ2) is 8.30. The fraction of sp³-hybridized carbons (Fsp3) is 0.300. The number of likely N-dealkylation sites (tertiary alicyclic amines) is 1. The summed E-state index contributed by atoms with van der Waals surface area (Å²) in [4.78, 5) is 20.5. The third-order valence-corrected chi connectivity index (χ3v) is 6.56. The Balaban J connectivity index is 1.76. The molecule has 1 fully saturated rings. The van der Waals surface area contributed by atoms with Gasteiger partial charge in [-0.25, -0.2) is 9.37 Å². The molecule has 2 aromatic heterocycles. The number of benzene rings is 1. The van der Waals surface area contributed by atoms with Crippen LogP contribution in [0.5, 0.6) is 0 Å². The minimum Gasteiger partial charge on any atom is -0.383 e. The average molecular weight is 511 g/mol. The van der Waals surface area contributed by atoms with Gasteiger partial charge in [0.25, 0.3) is 5.91 Å². The minimum atomic E-state index is -0.353. The summed E-state index contributed by atoms with van der Waals surface area (Å²) in [5.41, 5.74) is 0.893. The van der Waals surface area contributed by atoms with Gasteiger partial charge in [0.2, 0.25) is 0 Å². The molecule has 1 aromatic carbocycles. The quantitative estimate of drug-likeness (QED) is 0.489. The Morgan fingerprint density at radius 3 is 3.11 bits per heavy atom. The van der Waals surface area contributed by atoms with E-state index in [2.05, 4.69) is 32.9 Å². The van der Waals surface area contributed by atoms with Gasteiger partial charge in [-0.3, -0.25) is 4.79 Å². The number of carbonyl (C=O) groups is 1. The predicted molar refractivity (Wildman–Crippen MR) is 118 cm³/mol. The van der Waals surface area contributed by atoms with Crippen molar-refractivity contribution in [3.63, 3.8) is 0 Å². The number of fused-ring (bicyclic) bond motifs is 1. The molecule has 0 aliphatic carbocycles. The number of amides is 1. The van der Waals surface area contributed by atoms with Crippen molar-refractivity contribution in [3.05, 3.63) is 51.5 Å². The Morgan fingerprint density at radius 1 is 1.46 bits per heavy atom. The van der Waals surface area contributed by atoms with Crippen molar-refractivity contribution >= 4 is 60.7 Å². The molecule has 4 rings (SSSR count). The van der Waals surface area contributed by atoms with Crippen molar-refractivity contribution in [1.82, 2.24) is 9.88 Å². The summed E-state index contributed by atoms with van der Waals surface area (Å²) in [6, 6.07) is 8.75. The van der Waals surface area contributed by atoms with Crippen LogP contribution in [0.1, 0.15) is 23.2 Å². The lowest BCUT2D eigenvalue weighted by Gasteiger charge is -2.24. The number of thiophene rings is 1. The van der Waals surface area contributed by atoms with E-state index in [1.807, 2.05) is 23.1 Å². The topological polar surface area (TPSA) is 54.5 Å². The monoisotopic (exact) mass is 511 g/mol. The summed E-state index contributed by atoms with van der Waals surface area (Å²) in [5, 5.41) is 4.53. The van der Waals surface area contributed by atoms with E-state index in [0.717, 1.165) is 26.6 Å². The zero-order valence-corrected chi connectivity index (χ0v) is 18.2. The number of halogens is 2. The normalized spacial score (nSPS) is 16.7. The highest BCUT2D eigenvalue weighted by Crippen LogP contribution is 2.38. The molecule has 0 saturated carbocycles. The zero-order chi connectivity index (χ0) is 19.7. The summed E-state index contributed by atoms with van der Waals surface area (Å²) in [5.74, 6) is -0.415. The van der Waals surface area contributed by atoms with Crippen LogP contribution in [0.15, 0.2) is 36.5 Å². The molecule has 8 heteroatoms. The van der Waals surface area contributed by atoms with E-state index >= 15 is 0 Å². The first kappa shape index (κ1) is 19.5. The molecule has 1 N–H and O–H groups in total. The standard InChI is InChI=1S/C20H19FIN3O2S/c1-27-11-13-4-3-9-25(13)20(26)17-14-5-2-8-23-18(14)28-19(17)24-16-7-6-12(22)10-15(16)21/h2,5-8,10,13,24H,3-4,9,11H2,1H3/t13-/m1/s1. The minimum absolute atomic E-state index is 0.0620. The van der Waals surface area contributed by atoms with E-state index in [9.17, 15) is 9.18 Å². The maximum atomic E-state index is 14.4. The molecule has 146 valence electrons. The van der Waals surface area contributed by atoms with Crippen molar-refractivity contribution < 1.29 is 13.9 Å². The first-order valence-corrected chi connectivity index (χ1v) is 10.9. The molecule has 5 nitrogen and oxygen atoms in total. The van der Waals surface area contributed by atoms with Gasteiger partial charge >= 0.3 is 0 Å². The predicted octanol–water partition coefficient (Wildman–Crippen LogP) is 5.03. The molecule has 0 radical (unpaired) electrons. The first-order valence-electron chi connectivity index (χ1n) is 8.98. The van der Waals surface area contributed by atoms with Crippen LogP contribution in [-0.4, -0.2) is 42.1 Å². The SMILES string of the molecule is COC[C@H]1CCCN1C(=O)c1c(Nc2ccc(I)cc2F)sc2ncccc12. The number of ether oxygens (including phenoxy) is 1. The van der Waals surface area contributed by atoms with Crippen molar-refractivity contribution in [2.45, 2.75) is 18.9 Å². The van der Waals surface area contributed by atoms with E-state index in [4.69, 9.17) is 4.74 Å². The molecule has 1 aliphatic rings. The molecular formula is C20H19FIN3O2S. The number of pyridine rings is 1. The number of nitrogens with one attached hydrogen (secondary N) is 1. The van der Waals surface area contributed by atoms with E-state index in [1.165, 1.54) is 17.4 Å². The summed E-state index contributed by atoms with van der Waals surface area (Å²) >= 11 is 3.43. The van der Waals surface area contributed by atoms with Crippen molar-refractivity contribution in [2.24, 2.45) is 0 Å². The number of aromatic nitrogens is 1. The summed E-state index contributed by atoms with van der Waals surface area (Å²) < 4.78 is 20.5. The largest absolute Gasteiger partial charge is 0.383 e.